The number of rotatable bonds is 5. The van der Waals surface area contributed by atoms with Crippen molar-refractivity contribution in [1.29, 1.82) is 0 Å². The monoisotopic (exact) mass is 540 g/mol. The molecule has 196 valence electrons. The first kappa shape index (κ1) is 24.4. The minimum atomic E-state index is -0.737. The number of nitrogen functional groups attached to an aromatic ring is 1. The van der Waals surface area contributed by atoms with Crippen molar-refractivity contribution in [1.82, 2.24) is 19.9 Å². The first-order chi connectivity index (χ1) is 18.3. The molecule has 1 unspecified atom stereocenters. The van der Waals surface area contributed by atoms with Crippen molar-refractivity contribution in [3.05, 3.63) is 52.2 Å². The second-order valence-electron chi connectivity index (χ2n) is 9.35. The number of benzene rings is 1. The molecular weight excluding hydrogens is 518 g/mol. The SMILES string of the molecule is COc1nc2c3c(nc(-c4cc(O)cc(Cl)c4C4CC4)c(F)c3n1)OCCN2C(C)c1cc(F)cnc1N. The van der Waals surface area contributed by atoms with Crippen LogP contribution in [0.4, 0.5) is 20.4 Å². The molecule has 0 spiro atoms. The van der Waals surface area contributed by atoms with Gasteiger partial charge in [0.1, 0.15) is 46.4 Å². The number of ether oxygens (including phenoxy) is 2. The zero-order chi connectivity index (χ0) is 26.7. The maximum atomic E-state index is 16.3. The summed E-state index contributed by atoms with van der Waals surface area (Å²) in [5.41, 5.74) is 7.49. The van der Waals surface area contributed by atoms with E-state index in [1.54, 1.807) is 4.90 Å². The summed E-state index contributed by atoms with van der Waals surface area (Å²) in [6.07, 6.45) is 2.85. The van der Waals surface area contributed by atoms with Gasteiger partial charge in [-0.1, -0.05) is 11.6 Å². The summed E-state index contributed by atoms with van der Waals surface area (Å²) in [5.74, 6) is -0.655. The Kier molecular flexibility index (Phi) is 5.82. The minimum Gasteiger partial charge on any atom is -0.508 e. The molecule has 38 heavy (non-hydrogen) atoms. The molecule has 4 heterocycles. The highest BCUT2D eigenvalue weighted by Gasteiger charge is 2.34. The van der Waals surface area contributed by atoms with E-state index in [4.69, 9.17) is 26.8 Å². The number of phenols is 1. The molecule has 1 saturated carbocycles. The van der Waals surface area contributed by atoms with Gasteiger partial charge in [-0.05, 0) is 49.4 Å². The van der Waals surface area contributed by atoms with Crippen molar-refractivity contribution in [3.8, 4) is 28.9 Å². The number of anilines is 2. The smallest absolute Gasteiger partial charge is 0.318 e. The third kappa shape index (κ3) is 3.97. The lowest BCUT2D eigenvalue weighted by Crippen LogP contribution is -2.31. The molecule has 1 aliphatic carbocycles. The van der Waals surface area contributed by atoms with E-state index in [1.807, 2.05) is 6.92 Å². The highest BCUT2D eigenvalue weighted by atomic mass is 35.5. The first-order valence-electron chi connectivity index (χ1n) is 12.0. The lowest BCUT2D eigenvalue weighted by atomic mass is 9.98. The number of aromatic hydroxyl groups is 1. The Morgan fingerprint density at radius 3 is 2.74 bits per heavy atom. The van der Waals surface area contributed by atoms with Gasteiger partial charge in [0.05, 0.1) is 25.9 Å². The highest BCUT2D eigenvalue weighted by molar-refractivity contribution is 6.32. The Morgan fingerprint density at radius 1 is 1.21 bits per heavy atom. The molecule has 0 bridgehead atoms. The van der Waals surface area contributed by atoms with Crippen molar-refractivity contribution in [2.45, 2.75) is 31.7 Å². The van der Waals surface area contributed by atoms with Crippen LogP contribution in [0.3, 0.4) is 0 Å². The Morgan fingerprint density at radius 2 is 2.00 bits per heavy atom. The predicted molar refractivity (Wildman–Crippen MR) is 138 cm³/mol. The van der Waals surface area contributed by atoms with Crippen LogP contribution in [0, 0.1) is 11.6 Å². The molecule has 4 aromatic rings. The van der Waals surface area contributed by atoms with Gasteiger partial charge in [-0.2, -0.15) is 9.97 Å². The Bertz CT molecular complexity index is 1600. The van der Waals surface area contributed by atoms with E-state index in [2.05, 4.69) is 19.9 Å². The average Bonchev–Trinajstić information content (AvgIpc) is 3.74. The average molecular weight is 541 g/mol. The molecule has 2 aliphatic rings. The van der Waals surface area contributed by atoms with Crippen molar-refractivity contribution in [2.75, 3.05) is 30.9 Å². The Hall–Kier alpha value is -3.99. The van der Waals surface area contributed by atoms with Crippen LogP contribution in [0.2, 0.25) is 5.02 Å². The second kappa shape index (κ2) is 9.09. The van der Waals surface area contributed by atoms with Crippen LogP contribution in [0.15, 0.2) is 24.4 Å². The second-order valence-corrected chi connectivity index (χ2v) is 9.75. The Balaban J connectivity index is 1.59. The number of hydrogen-bond acceptors (Lipinski definition) is 9. The van der Waals surface area contributed by atoms with Gasteiger partial charge in [0, 0.05) is 16.1 Å². The van der Waals surface area contributed by atoms with Crippen LogP contribution < -0.4 is 20.1 Å². The van der Waals surface area contributed by atoms with Gasteiger partial charge >= 0.3 is 6.01 Å². The van der Waals surface area contributed by atoms with E-state index >= 15 is 4.39 Å². The van der Waals surface area contributed by atoms with Gasteiger partial charge in [-0.15, -0.1) is 0 Å². The number of halogens is 3. The number of nitrogens with two attached hydrogens (primary N) is 1. The van der Waals surface area contributed by atoms with E-state index in [0.717, 1.165) is 24.6 Å². The number of phenolic OH excluding ortho intramolecular Hbond substituents is 1. The maximum absolute atomic E-state index is 16.3. The van der Waals surface area contributed by atoms with Crippen LogP contribution >= 0.6 is 11.6 Å². The van der Waals surface area contributed by atoms with Crippen LogP contribution in [-0.2, 0) is 0 Å². The molecule has 1 atom stereocenters. The first-order valence-corrected chi connectivity index (χ1v) is 12.4. The van der Waals surface area contributed by atoms with E-state index < -0.39 is 17.7 Å². The van der Waals surface area contributed by atoms with E-state index in [-0.39, 0.29) is 52.6 Å². The van der Waals surface area contributed by atoms with Crippen molar-refractivity contribution in [3.63, 3.8) is 0 Å². The van der Waals surface area contributed by atoms with Gasteiger partial charge in [0.2, 0.25) is 5.88 Å². The fraction of sp³-hybridized carbons (Fsp3) is 0.308. The largest absolute Gasteiger partial charge is 0.508 e. The van der Waals surface area contributed by atoms with Crippen LogP contribution in [0.25, 0.3) is 22.2 Å². The Labute approximate surface area is 221 Å². The van der Waals surface area contributed by atoms with E-state index in [1.165, 1.54) is 25.3 Å². The molecule has 0 radical (unpaired) electrons. The number of hydrogen-bond donors (Lipinski definition) is 2. The predicted octanol–water partition coefficient (Wildman–Crippen LogP) is 5.15. The molecule has 3 N–H and O–H groups in total. The highest BCUT2D eigenvalue weighted by Crippen LogP contribution is 2.50. The van der Waals surface area contributed by atoms with Crippen molar-refractivity contribution in [2.24, 2.45) is 0 Å². The normalized spacial score (nSPS) is 15.8. The number of pyridine rings is 2. The van der Waals surface area contributed by atoms with Crippen LogP contribution in [0.5, 0.6) is 17.6 Å². The van der Waals surface area contributed by atoms with Gasteiger partial charge in [0.15, 0.2) is 5.82 Å². The third-order valence-corrected chi connectivity index (χ3v) is 7.24. The third-order valence-electron chi connectivity index (χ3n) is 6.93. The number of methoxy groups -OCH3 is 1. The summed E-state index contributed by atoms with van der Waals surface area (Å²) < 4.78 is 41.7. The molecule has 6 rings (SSSR count). The lowest BCUT2D eigenvalue weighted by Gasteiger charge is -2.30. The molecule has 9 nitrogen and oxygen atoms in total. The summed E-state index contributed by atoms with van der Waals surface area (Å²) in [4.78, 5) is 19.1. The quantitative estimate of drug-likeness (QED) is 0.354. The summed E-state index contributed by atoms with van der Waals surface area (Å²) in [7, 11) is 1.38. The molecule has 3 aromatic heterocycles. The number of aromatic nitrogens is 4. The summed E-state index contributed by atoms with van der Waals surface area (Å²) >= 11 is 6.47. The van der Waals surface area contributed by atoms with Gasteiger partial charge in [0.25, 0.3) is 0 Å². The maximum Gasteiger partial charge on any atom is 0.318 e. The zero-order valence-corrected chi connectivity index (χ0v) is 21.3. The van der Waals surface area contributed by atoms with Crippen LogP contribution in [0.1, 0.15) is 42.9 Å². The molecule has 1 fully saturated rings. The zero-order valence-electron chi connectivity index (χ0n) is 20.5. The number of nitrogens with zero attached hydrogens (tertiary/aromatic N) is 5. The van der Waals surface area contributed by atoms with Crippen LogP contribution in [-0.4, -0.2) is 45.3 Å². The standard InChI is InChI=1S/C26H23ClF2N6O3/c1-11(15-7-13(28)10-31-23(15)30)35-5-6-38-25-19-22(33-26(37-2)34-24(19)35)20(29)21(32-25)16-8-14(36)9-17(27)18(16)12-3-4-12/h7-12,36H,3-6H2,1-2H3,(H2,30,31). The summed E-state index contributed by atoms with van der Waals surface area (Å²) in [5, 5.41) is 10.9. The summed E-state index contributed by atoms with van der Waals surface area (Å²) in [6.45, 7) is 2.27. The van der Waals surface area contributed by atoms with Crippen molar-refractivity contribution >= 4 is 34.1 Å². The topological polar surface area (TPSA) is 120 Å². The molecule has 1 aliphatic heterocycles. The fourth-order valence-corrected chi connectivity index (χ4v) is 5.33. The summed E-state index contributed by atoms with van der Waals surface area (Å²) in [6, 6.07) is 3.62. The molecular formula is C26H23ClF2N6O3. The van der Waals surface area contributed by atoms with Gasteiger partial charge in [-0.3, -0.25) is 0 Å². The lowest BCUT2D eigenvalue weighted by molar-refractivity contribution is 0.316. The van der Waals surface area contributed by atoms with Crippen molar-refractivity contribution < 1.29 is 23.4 Å². The molecule has 12 heteroatoms. The fourth-order valence-electron chi connectivity index (χ4n) is 4.96. The molecule has 0 saturated heterocycles. The molecule has 1 aromatic carbocycles. The van der Waals surface area contributed by atoms with E-state index in [9.17, 15) is 9.50 Å². The van der Waals surface area contributed by atoms with Gasteiger partial charge in [-0.25, -0.2) is 18.7 Å². The molecule has 0 amide bonds. The van der Waals surface area contributed by atoms with Gasteiger partial charge < -0.3 is 25.2 Å². The minimum absolute atomic E-state index is 0.0426. The van der Waals surface area contributed by atoms with E-state index in [0.29, 0.717) is 28.5 Å².